The second-order valence-electron chi connectivity index (χ2n) is 2.02. The van der Waals surface area contributed by atoms with Crippen LogP contribution in [0.2, 0.25) is 0 Å². The van der Waals surface area contributed by atoms with E-state index in [4.69, 9.17) is 6.57 Å². The van der Waals surface area contributed by atoms with Gasteiger partial charge in [0.25, 0.3) is 0 Å². The number of hydrogen-bond acceptors (Lipinski definition) is 0. The van der Waals surface area contributed by atoms with Crippen molar-refractivity contribution in [3.63, 3.8) is 0 Å². The van der Waals surface area contributed by atoms with Gasteiger partial charge in [0.1, 0.15) is 0 Å². The quantitative estimate of drug-likeness (QED) is 0.560. The molecule has 0 spiro atoms. The van der Waals surface area contributed by atoms with Crippen molar-refractivity contribution >= 4 is 21.6 Å². The van der Waals surface area contributed by atoms with Crippen molar-refractivity contribution in [1.82, 2.24) is 0 Å². The third-order valence-corrected chi connectivity index (χ3v) is 1.94. The molecule has 10 heavy (non-hydrogen) atoms. The molecule has 1 nitrogen and oxygen atoms in total. The van der Waals surface area contributed by atoms with Crippen LogP contribution in [-0.2, 0) is 0 Å². The standard InChI is InChI=1S/C8H6BrN/c1-6-4-3-5-7(9)8(6)10-2/h3-5H,1H3. The van der Waals surface area contributed by atoms with Gasteiger partial charge in [-0.25, -0.2) is 4.85 Å². The molecule has 1 aromatic rings. The molecule has 0 aliphatic carbocycles. The van der Waals surface area contributed by atoms with Gasteiger partial charge in [0.2, 0.25) is 5.69 Å². The minimum Gasteiger partial charge on any atom is -0.237 e. The molecule has 0 aliphatic heterocycles. The van der Waals surface area contributed by atoms with Crippen LogP contribution in [0.3, 0.4) is 0 Å². The van der Waals surface area contributed by atoms with E-state index >= 15 is 0 Å². The Kier molecular flexibility index (Phi) is 2.08. The maximum absolute atomic E-state index is 6.82. The highest BCUT2D eigenvalue weighted by atomic mass is 79.9. The van der Waals surface area contributed by atoms with Gasteiger partial charge in [-0.05, 0) is 12.5 Å². The van der Waals surface area contributed by atoms with E-state index in [2.05, 4.69) is 20.8 Å². The van der Waals surface area contributed by atoms with Crippen LogP contribution in [0.25, 0.3) is 4.85 Å². The van der Waals surface area contributed by atoms with E-state index in [9.17, 15) is 0 Å². The average molecular weight is 196 g/mol. The van der Waals surface area contributed by atoms with E-state index in [1.807, 2.05) is 25.1 Å². The molecule has 0 amide bonds. The molecule has 0 saturated carbocycles. The lowest BCUT2D eigenvalue weighted by Crippen LogP contribution is -1.71. The highest BCUT2D eigenvalue weighted by Crippen LogP contribution is 2.28. The SMILES string of the molecule is [C-]#[N+]c1c(C)cccc1Br. The van der Waals surface area contributed by atoms with Crippen LogP contribution in [0.5, 0.6) is 0 Å². The first-order valence-electron chi connectivity index (χ1n) is 2.88. The Morgan fingerprint density at radius 3 is 2.60 bits per heavy atom. The third-order valence-electron chi connectivity index (χ3n) is 1.30. The summed E-state index contributed by atoms with van der Waals surface area (Å²) in [6.45, 7) is 8.75. The Morgan fingerprint density at radius 1 is 1.50 bits per heavy atom. The van der Waals surface area contributed by atoms with Gasteiger partial charge in [-0.2, -0.15) is 0 Å². The van der Waals surface area contributed by atoms with Gasteiger partial charge in [0.15, 0.2) is 0 Å². The number of halogens is 1. The largest absolute Gasteiger partial charge is 0.237 e. The van der Waals surface area contributed by atoms with Gasteiger partial charge < -0.3 is 0 Å². The molecule has 1 aromatic carbocycles. The molecular weight excluding hydrogens is 190 g/mol. The van der Waals surface area contributed by atoms with Crippen molar-refractivity contribution in [2.45, 2.75) is 6.92 Å². The van der Waals surface area contributed by atoms with E-state index in [1.54, 1.807) is 0 Å². The van der Waals surface area contributed by atoms with Gasteiger partial charge in [-0.3, -0.25) is 0 Å². The lowest BCUT2D eigenvalue weighted by Gasteiger charge is -1.96. The van der Waals surface area contributed by atoms with Crippen LogP contribution in [0.1, 0.15) is 5.56 Å². The summed E-state index contributed by atoms with van der Waals surface area (Å²) < 4.78 is 0.877. The lowest BCUT2D eigenvalue weighted by molar-refractivity contribution is 1.47. The van der Waals surface area contributed by atoms with Crippen molar-refractivity contribution in [1.29, 1.82) is 0 Å². The zero-order chi connectivity index (χ0) is 7.56. The van der Waals surface area contributed by atoms with Crippen molar-refractivity contribution in [2.75, 3.05) is 0 Å². The Hall–Kier alpha value is -0.810. The summed E-state index contributed by atoms with van der Waals surface area (Å²) in [5.74, 6) is 0. The van der Waals surface area contributed by atoms with Gasteiger partial charge in [-0.15, -0.1) is 0 Å². The highest BCUT2D eigenvalue weighted by Gasteiger charge is 1.99. The normalized spacial score (nSPS) is 8.90. The van der Waals surface area contributed by atoms with Gasteiger partial charge in [0, 0.05) is 4.47 Å². The van der Waals surface area contributed by atoms with Crippen LogP contribution in [0.4, 0.5) is 5.69 Å². The number of para-hydroxylation sites is 1. The van der Waals surface area contributed by atoms with Crippen LogP contribution in [-0.4, -0.2) is 0 Å². The molecule has 0 saturated heterocycles. The predicted octanol–water partition coefficient (Wildman–Crippen LogP) is 3.31. The smallest absolute Gasteiger partial charge is 0.203 e. The van der Waals surface area contributed by atoms with E-state index in [0.717, 1.165) is 10.0 Å². The van der Waals surface area contributed by atoms with E-state index in [1.165, 1.54) is 0 Å². The van der Waals surface area contributed by atoms with Crippen LogP contribution in [0.15, 0.2) is 22.7 Å². The first kappa shape index (κ1) is 7.30. The first-order chi connectivity index (χ1) is 4.75. The monoisotopic (exact) mass is 195 g/mol. The summed E-state index contributed by atoms with van der Waals surface area (Å²) in [6.07, 6.45) is 0. The fourth-order valence-electron chi connectivity index (χ4n) is 0.765. The number of hydrogen-bond donors (Lipinski definition) is 0. The molecule has 0 bridgehead atoms. The molecule has 0 heterocycles. The summed E-state index contributed by atoms with van der Waals surface area (Å²) in [7, 11) is 0. The molecule has 50 valence electrons. The van der Waals surface area contributed by atoms with Crippen LogP contribution < -0.4 is 0 Å². The molecule has 2 heteroatoms. The lowest BCUT2D eigenvalue weighted by atomic mass is 10.2. The van der Waals surface area contributed by atoms with Gasteiger partial charge in [-0.1, -0.05) is 34.1 Å². The second-order valence-corrected chi connectivity index (χ2v) is 2.87. The summed E-state index contributed by atoms with van der Waals surface area (Å²) in [6, 6.07) is 5.73. The summed E-state index contributed by atoms with van der Waals surface area (Å²) in [5.41, 5.74) is 1.73. The molecule has 0 atom stereocenters. The molecule has 0 N–H and O–H groups in total. The van der Waals surface area contributed by atoms with Gasteiger partial charge in [0.05, 0.1) is 6.57 Å². The van der Waals surface area contributed by atoms with Crippen LogP contribution in [0, 0.1) is 13.5 Å². The summed E-state index contributed by atoms with van der Waals surface area (Å²) in [4.78, 5) is 3.37. The minimum atomic E-state index is 0.711. The Labute approximate surface area is 68.6 Å². The maximum atomic E-state index is 6.82. The highest BCUT2D eigenvalue weighted by molar-refractivity contribution is 9.10. The van der Waals surface area contributed by atoms with E-state index in [0.29, 0.717) is 5.69 Å². The van der Waals surface area contributed by atoms with Crippen molar-refractivity contribution in [2.24, 2.45) is 0 Å². The third kappa shape index (κ3) is 1.19. The maximum Gasteiger partial charge on any atom is 0.203 e. The summed E-state index contributed by atoms with van der Waals surface area (Å²) in [5, 5.41) is 0. The van der Waals surface area contributed by atoms with E-state index in [-0.39, 0.29) is 0 Å². The fourth-order valence-corrected chi connectivity index (χ4v) is 1.32. The first-order valence-corrected chi connectivity index (χ1v) is 3.67. The fraction of sp³-hybridized carbons (Fsp3) is 0.125. The van der Waals surface area contributed by atoms with Crippen molar-refractivity contribution in [3.05, 3.63) is 39.7 Å². The number of rotatable bonds is 0. The van der Waals surface area contributed by atoms with Crippen LogP contribution >= 0.6 is 15.9 Å². The number of nitrogens with zero attached hydrogens (tertiary/aromatic N) is 1. The minimum absolute atomic E-state index is 0.711. The average Bonchev–Trinajstić information content (AvgIpc) is 1.88. The molecule has 1 rings (SSSR count). The van der Waals surface area contributed by atoms with E-state index < -0.39 is 0 Å². The molecule has 0 aliphatic rings. The zero-order valence-electron chi connectivity index (χ0n) is 5.56. The molecular formula is C8H6BrN. The van der Waals surface area contributed by atoms with Crippen molar-refractivity contribution < 1.29 is 0 Å². The molecule has 0 unspecified atom stereocenters. The predicted molar refractivity (Wildman–Crippen MR) is 45.1 cm³/mol. The topological polar surface area (TPSA) is 4.36 Å². The molecule has 0 aromatic heterocycles. The molecule has 0 radical (unpaired) electrons. The van der Waals surface area contributed by atoms with Gasteiger partial charge >= 0.3 is 0 Å². The second kappa shape index (κ2) is 2.85. The Morgan fingerprint density at radius 2 is 2.20 bits per heavy atom. The zero-order valence-corrected chi connectivity index (χ0v) is 7.14. The van der Waals surface area contributed by atoms with Crippen molar-refractivity contribution in [3.8, 4) is 0 Å². The Balaban J connectivity index is 3.34. The number of benzene rings is 1. The summed E-state index contributed by atoms with van der Waals surface area (Å²) >= 11 is 3.29. The number of aryl methyl sites for hydroxylation is 1. The Bertz CT molecular complexity index is 266. The molecule has 0 fully saturated rings.